The van der Waals surface area contributed by atoms with Gasteiger partial charge in [0.05, 0.1) is 5.69 Å². The van der Waals surface area contributed by atoms with Crippen LogP contribution in [0.4, 0.5) is 11.4 Å². The molecule has 2 N–H and O–H groups in total. The number of carbonyl (C=O) groups is 1. The topological polar surface area (TPSA) is 64.2 Å². The molecule has 1 aliphatic carbocycles. The average Bonchev–Trinajstić information content (AvgIpc) is 3.31. The first-order valence-corrected chi connectivity index (χ1v) is 10.4. The number of aryl methyl sites for hydroxylation is 2. The fourth-order valence-electron chi connectivity index (χ4n) is 4.84. The number of fused-ring (bicyclic) bond motifs is 2. The normalized spacial score (nSPS) is 14.8. The van der Waals surface area contributed by atoms with Gasteiger partial charge in [-0.15, -0.1) is 12.4 Å². The monoisotopic (exact) mass is 422 g/mol. The molecule has 2 heterocycles. The van der Waals surface area contributed by atoms with Gasteiger partial charge in [0.1, 0.15) is 0 Å². The minimum Gasteiger partial charge on any atom is -0.398 e. The predicted molar refractivity (Wildman–Crippen MR) is 123 cm³/mol. The Hall–Kier alpha value is -2.79. The number of benzene rings is 2. The first kappa shape index (κ1) is 20.5. The first-order chi connectivity index (χ1) is 14.0. The second-order valence-electron chi connectivity index (χ2n) is 8.23. The summed E-state index contributed by atoms with van der Waals surface area (Å²) >= 11 is 0. The van der Waals surface area contributed by atoms with Crippen LogP contribution in [0.5, 0.6) is 0 Å². The smallest absolute Gasteiger partial charge is 0.279 e. The lowest BCUT2D eigenvalue weighted by molar-refractivity contribution is 0.0979. The summed E-state index contributed by atoms with van der Waals surface area (Å²) in [5.74, 6) is -0.00165. The van der Waals surface area contributed by atoms with Gasteiger partial charge < -0.3 is 10.6 Å². The molecule has 0 fully saturated rings. The molecular formula is C24H27ClN4O. The molecule has 0 radical (unpaired) electrons. The summed E-state index contributed by atoms with van der Waals surface area (Å²) in [6, 6.07) is 12.2. The van der Waals surface area contributed by atoms with Gasteiger partial charge in [-0.25, -0.2) is 4.68 Å². The van der Waals surface area contributed by atoms with Crippen molar-refractivity contribution in [2.45, 2.75) is 46.0 Å². The average molecular weight is 423 g/mol. The molecule has 1 amide bonds. The highest BCUT2D eigenvalue weighted by molar-refractivity contribution is 6.07. The minimum atomic E-state index is -0.00165. The summed E-state index contributed by atoms with van der Waals surface area (Å²) in [7, 11) is 0. The van der Waals surface area contributed by atoms with Crippen LogP contribution in [-0.4, -0.2) is 22.2 Å². The molecule has 0 unspecified atom stereocenters. The van der Waals surface area contributed by atoms with Gasteiger partial charge in [-0.2, -0.15) is 5.10 Å². The highest BCUT2D eigenvalue weighted by Crippen LogP contribution is 2.35. The van der Waals surface area contributed by atoms with E-state index in [2.05, 4.69) is 32.0 Å². The third kappa shape index (κ3) is 3.18. The Bertz CT molecular complexity index is 1130. The highest BCUT2D eigenvalue weighted by atomic mass is 35.5. The SMILES string of the molecule is Cc1ccc(-n2nc(C(=O)N3CCCc4c(N)cccc43)c3c2CCC3)c(C)c1.Cl. The van der Waals surface area contributed by atoms with E-state index in [1.807, 2.05) is 27.8 Å². The van der Waals surface area contributed by atoms with Crippen LogP contribution in [0.25, 0.3) is 5.69 Å². The zero-order valence-corrected chi connectivity index (χ0v) is 18.3. The van der Waals surface area contributed by atoms with Crippen molar-refractivity contribution in [3.05, 3.63) is 70.0 Å². The van der Waals surface area contributed by atoms with E-state index >= 15 is 0 Å². The predicted octanol–water partition coefficient (Wildman–Crippen LogP) is 4.57. The molecule has 2 aliphatic rings. The van der Waals surface area contributed by atoms with Crippen molar-refractivity contribution < 1.29 is 4.79 Å². The zero-order valence-electron chi connectivity index (χ0n) is 17.4. The largest absolute Gasteiger partial charge is 0.398 e. The number of amides is 1. The van der Waals surface area contributed by atoms with Crippen molar-refractivity contribution in [3.63, 3.8) is 0 Å². The molecule has 5 nitrogen and oxygen atoms in total. The molecule has 0 spiro atoms. The van der Waals surface area contributed by atoms with E-state index < -0.39 is 0 Å². The molecule has 6 heteroatoms. The molecule has 1 aliphatic heterocycles. The number of rotatable bonds is 2. The van der Waals surface area contributed by atoms with Crippen LogP contribution in [0.15, 0.2) is 36.4 Å². The van der Waals surface area contributed by atoms with E-state index in [0.29, 0.717) is 12.2 Å². The third-order valence-electron chi connectivity index (χ3n) is 6.25. The van der Waals surface area contributed by atoms with Gasteiger partial charge in [0.2, 0.25) is 0 Å². The Labute approximate surface area is 183 Å². The minimum absolute atomic E-state index is 0. The number of nitrogens with two attached hydrogens (primary N) is 1. The summed E-state index contributed by atoms with van der Waals surface area (Å²) in [5, 5.41) is 4.86. The number of aromatic nitrogens is 2. The van der Waals surface area contributed by atoms with Gasteiger partial charge in [-0.3, -0.25) is 4.79 Å². The van der Waals surface area contributed by atoms with Crippen molar-refractivity contribution >= 4 is 29.7 Å². The molecule has 0 bridgehead atoms. The second kappa shape index (κ2) is 7.80. The highest BCUT2D eigenvalue weighted by Gasteiger charge is 2.32. The van der Waals surface area contributed by atoms with E-state index in [0.717, 1.165) is 60.3 Å². The third-order valence-corrected chi connectivity index (χ3v) is 6.25. The Balaban J connectivity index is 0.00000218. The van der Waals surface area contributed by atoms with Crippen molar-refractivity contribution in [2.75, 3.05) is 17.2 Å². The molecule has 3 aromatic rings. The molecule has 0 saturated carbocycles. The quantitative estimate of drug-likeness (QED) is 0.615. The number of anilines is 2. The molecule has 0 saturated heterocycles. The van der Waals surface area contributed by atoms with Gasteiger partial charge >= 0.3 is 0 Å². The van der Waals surface area contributed by atoms with Gasteiger partial charge in [0.25, 0.3) is 5.91 Å². The molecule has 0 atom stereocenters. The van der Waals surface area contributed by atoms with Crippen LogP contribution in [0, 0.1) is 13.8 Å². The Morgan fingerprint density at radius 2 is 1.80 bits per heavy atom. The molecule has 156 valence electrons. The fourth-order valence-corrected chi connectivity index (χ4v) is 4.84. The number of hydrogen-bond donors (Lipinski definition) is 1. The van der Waals surface area contributed by atoms with E-state index in [1.165, 1.54) is 16.8 Å². The first-order valence-electron chi connectivity index (χ1n) is 10.4. The van der Waals surface area contributed by atoms with Crippen LogP contribution in [-0.2, 0) is 19.3 Å². The Kier molecular flexibility index (Phi) is 5.33. The van der Waals surface area contributed by atoms with Crippen LogP contribution < -0.4 is 10.6 Å². The van der Waals surface area contributed by atoms with Crippen molar-refractivity contribution in [3.8, 4) is 5.69 Å². The zero-order chi connectivity index (χ0) is 20.1. The van der Waals surface area contributed by atoms with Crippen molar-refractivity contribution in [2.24, 2.45) is 0 Å². The number of hydrogen-bond acceptors (Lipinski definition) is 3. The molecule has 5 rings (SSSR count). The van der Waals surface area contributed by atoms with E-state index in [4.69, 9.17) is 10.8 Å². The van der Waals surface area contributed by atoms with E-state index in [9.17, 15) is 4.79 Å². The lowest BCUT2D eigenvalue weighted by Gasteiger charge is -2.30. The van der Waals surface area contributed by atoms with Gasteiger partial charge in [0, 0.05) is 29.2 Å². The van der Waals surface area contributed by atoms with E-state index in [-0.39, 0.29) is 18.3 Å². The summed E-state index contributed by atoms with van der Waals surface area (Å²) in [6.45, 7) is 4.91. The molecular weight excluding hydrogens is 396 g/mol. The second-order valence-corrected chi connectivity index (χ2v) is 8.23. The number of carbonyl (C=O) groups excluding carboxylic acids is 1. The summed E-state index contributed by atoms with van der Waals surface area (Å²) < 4.78 is 2.01. The maximum atomic E-state index is 13.6. The van der Waals surface area contributed by atoms with Crippen LogP contribution in [0.2, 0.25) is 0 Å². The number of nitrogens with zero attached hydrogens (tertiary/aromatic N) is 3. The summed E-state index contributed by atoms with van der Waals surface area (Å²) in [4.78, 5) is 15.5. The van der Waals surface area contributed by atoms with Gasteiger partial charge in [-0.05, 0) is 75.3 Å². The maximum Gasteiger partial charge on any atom is 0.279 e. The van der Waals surface area contributed by atoms with Crippen LogP contribution >= 0.6 is 12.4 Å². The van der Waals surface area contributed by atoms with Crippen LogP contribution in [0.3, 0.4) is 0 Å². The lowest BCUT2D eigenvalue weighted by Crippen LogP contribution is -2.36. The molecule has 30 heavy (non-hydrogen) atoms. The summed E-state index contributed by atoms with van der Waals surface area (Å²) in [5.41, 5.74) is 15.4. The lowest BCUT2D eigenvalue weighted by atomic mass is 9.99. The number of nitrogen functional groups attached to an aromatic ring is 1. The standard InChI is InChI=1S/C24H26N4O.ClH/c1-15-11-12-20(16(2)14-15)28-22-10-3-6-18(22)23(26-28)24(29)27-13-5-7-17-19(25)8-4-9-21(17)27;/h4,8-9,11-12,14H,3,5-7,10,13,25H2,1-2H3;1H. The number of halogens is 1. The van der Waals surface area contributed by atoms with Crippen molar-refractivity contribution in [1.82, 2.24) is 9.78 Å². The van der Waals surface area contributed by atoms with Crippen molar-refractivity contribution in [1.29, 1.82) is 0 Å². The Morgan fingerprint density at radius 1 is 1.00 bits per heavy atom. The van der Waals surface area contributed by atoms with Crippen LogP contribution in [0.1, 0.15) is 51.3 Å². The molecule has 1 aromatic heterocycles. The van der Waals surface area contributed by atoms with E-state index in [1.54, 1.807) is 0 Å². The molecule has 2 aromatic carbocycles. The fraction of sp³-hybridized carbons (Fsp3) is 0.333. The Morgan fingerprint density at radius 3 is 2.60 bits per heavy atom. The summed E-state index contributed by atoms with van der Waals surface area (Å²) in [6.07, 6.45) is 4.79. The van der Waals surface area contributed by atoms with Gasteiger partial charge in [0.15, 0.2) is 5.69 Å². The maximum absolute atomic E-state index is 13.6. The van der Waals surface area contributed by atoms with Gasteiger partial charge in [-0.1, -0.05) is 23.8 Å².